The maximum absolute atomic E-state index is 12.2. The van der Waals surface area contributed by atoms with Crippen LogP contribution in [-0.2, 0) is 11.3 Å². The summed E-state index contributed by atoms with van der Waals surface area (Å²) in [5, 5.41) is 9.78. The van der Waals surface area contributed by atoms with E-state index in [0.29, 0.717) is 35.2 Å². The molecule has 2 aliphatic rings. The number of benzene rings is 1. The monoisotopic (exact) mass is 373 g/mol. The summed E-state index contributed by atoms with van der Waals surface area (Å²) in [6, 6.07) is 7.09. The summed E-state index contributed by atoms with van der Waals surface area (Å²) in [5.41, 5.74) is 1.07. The third-order valence-electron chi connectivity index (χ3n) is 4.63. The molecule has 0 saturated carbocycles. The Hall–Kier alpha value is -2.74. The van der Waals surface area contributed by atoms with Crippen molar-refractivity contribution < 1.29 is 23.7 Å². The van der Waals surface area contributed by atoms with Crippen LogP contribution in [-0.4, -0.2) is 42.2 Å². The number of rotatable bonds is 7. The van der Waals surface area contributed by atoms with Crippen molar-refractivity contribution in [2.24, 2.45) is 0 Å². The highest BCUT2D eigenvalue weighted by Crippen LogP contribution is 2.35. The zero-order valence-electron chi connectivity index (χ0n) is 15.0. The van der Waals surface area contributed by atoms with Crippen molar-refractivity contribution in [3.63, 3.8) is 0 Å². The van der Waals surface area contributed by atoms with Crippen molar-refractivity contribution in [3.05, 3.63) is 35.7 Å². The average Bonchev–Trinajstić information content (AvgIpc) is 3.36. The minimum absolute atomic E-state index is 0.198. The SMILES string of the molecule is O=C(NCCC1CCCCO1)c1cc(COc2ccc3c(c2)OCO3)[nH]n1. The first-order valence-electron chi connectivity index (χ1n) is 9.24. The van der Waals surface area contributed by atoms with Crippen molar-refractivity contribution in [2.45, 2.75) is 38.4 Å². The quantitative estimate of drug-likeness (QED) is 0.774. The summed E-state index contributed by atoms with van der Waals surface area (Å²) in [5.74, 6) is 1.84. The fraction of sp³-hybridized carbons (Fsp3) is 0.474. The van der Waals surface area contributed by atoms with Gasteiger partial charge in [-0.1, -0.05) is 0 Å². The number of fused-ring (bicyclic) bond motifs is 1. The molecule has 1 aromatic heterocycles. The van der Waals surface area contributed by atoms with E-state index in [1.54, 1.807) is 18.2 Å². The second-order valence-electron chi connectivity index (χ2n) is 6.62. The van der Waals surface area contributed by atoms with Crippen LogP contribution in [0.15, 0.2) is 24.3 Å². The molecule has 3 heterocycles. The molecule has 1 atom stereocenters. The molecular weight excluding hydrogens is 350 g/mol. The number of nitrogens with one attached hydrogen (secondary N) is 2. The smallest absolute Gasteiger partial charge is 0.271 e. The third-order valence-corrected chi connectivity index (χ3v) is 4.63. The molecule has 1 amide bonds. The second-order valence-corrected chi connectivity index (χ2v) is 6.62. The van der Waals surface area contributed by atoms with Crippen LogP contribution in [0, 0.1) is 0 Å². The Kier molecular flexibility index (Phi) is 5.43. The van der Waals surface area contributed by atoms with Gasteiger partial charge >= 0.3 is 0 Å². The number of hydrogen-bond acceptors (Lipinski definition) is 6. The molecule has 8 nitrogen and oxygen atoms in total. The van der Waals surface area contributed by atoms with Crippen molar-refractivity contribution in [1.29, 1.82) is 0 Å². The zero-order chi connectivity index (χ0) is 18.5. The molecule has 0 radical (unpaired) electrons. The Bertz CT molecular complexity index is 785. The number of carbonyl (C=O) groups is 1. The van der Waals surface area contributed by atoms with Gasteiger partial charge in [-0.3, -0.25) is 9.89 Å². The first kappa shape index (κ1) is 17.7. The maximum Gasteiger partial charge on any atom is 0.271 e. The van der Waals surface area contributed by atoms with Crippen molar-refractivity contribution in [2.75, 3.05) is 19.9 Å². The number of nitrogens with zero attached hydrogens (tertiary/aromatic N) is 1. The number of aromatic amines is 1. The lowest BCUT2D eigenvalue weighted by atomic mass is 10.1. The number of hydrogen-bond donors (Lipinski definition) is 2. The highest BCUT2D eigenvalue weighted by molar-refractivity contribution is 5.92. The molecule has 2 aromatic rings. The largest absolute Gasteiger partial charge is 0.487 e. The van der Waals surface area contributed by atoms with Gasteiger partial charge < -0.3 is 24.3 Å². The predicted molar refractivity (Wildman–Crippen MR) is 96.0 cm³/mol. The normalized spacial score (nSPS) is 18.3. The molecule has 2 N–H and O–H groups in total. The van der Waals surface area contributed by atoms with E-state index in [9.17, 15) is 4.79 Å². The Morgan fingerprint density at radius 2 is 2.19 bits per heavy atom. The molecule has 0 aliphatic carbocycles. The van der Waals surface area contributed by atoms with Crippen LogP contribution in [0.1, 0.15) is 41.9 Å². The predicted octanol–water partition coefficient (Wildman–Crippen LogP) is 2.41. The molecule has 0 spiro atoms. The van der Waals surface area contributed by atoms with Crippen LogP contribution < -0.4 is 19.5 Å². The molecule has 1 aromatic carbocycles. The summed E-state index contributed by atoms with van der Waals surface area (Å²) in [7, 11) is 0. The zero-order valence-corrected chi connectivity index (χ0v) is 15.0. The van der Waals surface area contributed by atoms with Gasteiger partial charge in [0.1, 0.15) is 18.1 Å². The van der Waals surface area contributed by atoms with Gasteiger partial charge in [-0.2, -0.15) is 5.10 Å². The summed E-state index contributed by atoms with van der Waals surface area (Å²) < 4.78 is 22.0. The van der Waals surface area contributed by atoms with Crippen LogP contribution in [0.2, 0.25) is 0 Å². The molecule has 4 rings (SSSR count). The lowest BCUT2D eigenvalue weighted by Crippen LogP contribution is -2.29. The van der Waals surface area contributed by atoms with Gasteiger partial charge in [0, 0.05) is 19.2 Å². The van der Waals surface area contributed by atoms with E-state index in [0.717, 1.165) is 25.9 Å². The van der Waals surface area contributed by atoms with Crippen molar-refractivity contribution in [3.8, 4) is 17.2 Å². The Morgan fingerprint density at radius 1 is 1.26 bits per heavy atom. The number of H-pyrrole nitrogens is 1. The highest BCUT2D eigenvalue weighted by Gasteiger charge is 2.16. The first-order chi connectivity index (χ1) is 13.3. The molecular formula is C19H23N3O5. The number of carbonyl (C=O) groups excluding carboxylic acids is 1. The van der Waals surface area contributed by atoms with E-state index < -0.39 is 0 Å². The molecule has 27 heavy (non-hydrogen) atoms. The van der Waals surface area contributed by atoms with Crippen LogP contribution >= 0.6 is 0 Å². The van der Waals surface area contributed by atoms with Gasteiger partial charge in [-0.15, -0.1) is 0 Å². The number of ether oxygens (including phenoxy) is 4. The van der Waals surface area contributed by atoms with E-state index in [1.807, 2.05) is 6.07 Å². The summed E-state index contributed by atoms with van der Waals surface area (Å²) >= 11 is 0. The molecule has 144 valence electrons. The summed E-state index contributed by atoms with van der Waals surface area (Å²) in [6.07, 6.45) is 4.48. The molecule has 1 fully saturated rings. The minimum atomic E-state index is -0.198. The van der Waals surface area contributed by atoms with Crippen LogP contribution in [0.3, 0.4) is 0 Å². The topological polar surface area (TPSA) is 94.7 Å². The van der Waals surface area contributed by atoms with Crippen LogP contribution in [0.25, 0.3) is 0 Å². The van der Waals surface area contributed by atoms with E-state index >= 15 is 0 Å². The first-order valence-corrected chi connectivity index (χ1v) is 9.24. The van der Waals surface area contributed by atoms with Crippen LogP contribution in [0.5, 0.6) is 17.2 Å². The van der Waals surface area contributed by atoms with E-state index in [4.69, 9.17) is 18.9 Å². The van der Waals surface area contributed by atoms with Gasteiger partial charge in [-0.25, -0.2) is 0 Å². The minimum Gasteiger partial charge on any atom is -0.487 e. The second kappa shape index (κ2) is 8.30. The van der Waals surface area contributed by atoms with Gasteiger partial charge in [0.25, 0.3) is 5.91 Å². The Morgan fingerprint density at radius 3 is 3.07 bits per heavy atom. The van der Waals surface area contributed by atoms with Crippen molar-refractivity contribution in [1.82, 2.24) is 15.5 Å². The fourth-order valence-corrected chi connectivity index (χ4v) is 3.15. The van der Waals surface area contributed by atoms with Gasteiger partial charge in [0.05, 0.1) is 11.8 Å². The Labute approximate surface area is 157 Å². The van der Waals surface area contributed by atoms with Crippen LogP contribution in [0.4, 0.5) is 0 Å². The van der Waals surface area contributed by atoms with E-state index in [-0.39, 0.29) is 25.4 Å². The van der Waals surface area contributed by atoms with E-state index in [1.165, 1.54) is 6.42 Å². The molecule has 1 saturated heterocycles. The average molecular weight is 373 g/mol. The molecule has 2 aliphatic heterocycles. The summed E-state index contributed by atoms with van der Waals surface area (Å²) in [6.45, 7) is 1.91. The lowest BCUT2D eigenvalue weighted by molar-refractivity contribution is 0.0117. The number of amides is 1. The third kappa shape index (κ3) is 4.51. The maximum atomic E-state index is 12.2. The molecule has 8 heteroatoms. The highest BCUT2D eigenvalue weighted by atomic mass is 16.7. The standard InChI is InChI=1S/C19H23N3O5/c23-19(20-7-6-14-3-1-2-8-24-14)16-9-13(21-22-16)11-25-15-4-5-17-18(10-15)27-12-26-17/h4-5,9-10,14H,1-3,6-8,11-12H2,(H,20,23)(H,21,22). The Balaban J connectivity index is 1.23. The van der Waals surface area contributed by atoms with Crippen molar-refractivity contribution >= 4 is 5.91 Å². The fourth-order valence-electron chi connectivity index (χ4n) is 3.15. The van der Waals surface area contributed by atoms with Gasteiger partial charge in [-0.05, 0) is 43.9 Å². The molecule has 1 unspecified atom stereocenters. The summed E-state index contributed by atoms with van der Waals surface area (Å²) in [4.78, 5) is 12.2. The lowest BCUT2D eigenvalue weighted by Gasteiger charge is -2.22. The van der Waals surface area contributed by atoms with Gasteiger partial charge in [0.2, 0.25) is 6.79 Å². The molecule has 0 bridgehead atoms. The van der Waals surface area contributed by atoms with Gasteiger partial charge in [0.15, 0.2) is 11.5 Å². The number of aromatic nitrogens is 2. The van der Waals surface area contributed by atoms with E-state index in [2.05, 4.69) is 15.5 Å².